The van der Waals surface area contributed by atoms with Crippen LogP contribution in [0.25, 0.3) is 0 Å². The van der Waals surface area contributed by atoms with E-state index < -0.39 is 10.0 Å². The van der Waals surface area contributed by atoms with Crippen molar-refractivity contribution in [2.75, 3.05) is 4.72 Å². The topological polar surface area (TPSA) is 75.3 Å². The maximum absolute atomic E-state index is 13.0. The van der Waals surface area contributed by atoms with Gasteiger partial charge in [0.05, 0.1) is 16.8 Å². The lowest BCUT2D eigenvalue weighted by Crippen LogP contribution is -2.27. The summed E-state index contributed by atoms with van der Waals surface area (Å²) < 4.78 is 28.5. The van der Waals surface area contributed by atoms with Crippen molar-refractivity contribution < 1.29 is 13.2 Å². The van der Waals surface area contributed by atoms with Gasteiger partial charge in [0.2, 0.25) is 0 Å². The van der Waals surface area contributed by atoms with Gasteiger partial charge in [-0.25, -0.2) is 8.42 Å². The molecule has 3 aromatic rings. The number of carbonyl (C=O) groups excluding carboxylic acids is 1. The van der Waals surface area contributed by atoms with Gasteiger partial charge in [-0.1, -0.05) is 74.8 Å². The Morgan fingerprint density at radius 3 is 2.21 bits per heavy atom. The third kappa shape index (κ3) is 5.95. The summed E-state index contributed by atoms with van der Waals surface area (Å²) in [7, 11) is -3.98. The molecule has 0 aliphatic rings. The van der Waals surface area contributed by atoms with Crippen molar-refractivity contribution in [2.45, 2.75) is 51.0 Å². The molecule has 0 saturated heterocycles. The average Bonchev–Trinajstić information content (AvgIpc) is 2.74. The zero-order valence-electron chi connectivity index (χ0n) is 19.4. The normalized spacial score (nSPS) is 12.8. The van der Waals surface area contributed by atoms with Crippen LogP contribution in [0.3, 0.4) is 0 Å². The van der Waals surface area contributed by atoms with Gasteiger partial charge < -0.3 is 5.32 Å². The average molecular weight is 485 g/mol. The van der Waals surface area contributed by atoms with Crippen LogP contribution in [0.15, 0.2) is 71.6 Å². The van der Waals surface area contributed by atoms with Crippen LogP contribution in [0.2, 0.25) is 5.02 Å². The van der Waals surface area contributed by atoms with E-state index >= 15 is 0 Å². The maximum Gasteiger partial charge on any atom is 0.263 e. The van der Waals surface area contributed by atoms with Crippen molar-refractivity contribution >= 4 is 33.2 Å². The number of para-hydroxylation sites is 1. The highest BCUT2D eigenvalue weighted by molar-refractivity contribution is 7.92. The van der Waals surface area contributed by atoms with E-state index in [1.807, 2.05) is 25.1 Å². The lowest BCUT2D eigenvalue weighted by Gasteiger charge is -2.21. The van der Waals surface area contributed by atoms with Crippen molar-refractivity contribution in [1.82, 2.24) is 5.32 Å². The van der Waals surface area contributed by atoms with Crippen LogP contribution < -0.4 is 10.0 Å². The van der Waals surface area contributed by atoms with Gasteiger partial charge in [-0.15, -0.1) is 0 Å². The van der Waals surface area contributed by atoms with Gasteiger partial charge in [0.15, 0.2) is 0 Å². The molecule has 1 amide bonds. The van der Waals surface area contributed by atoms with Crippen molar-refractivity contribution in [3.63, 3.8) is 0 Å². The summed E-state index contributed by atoms with van der Waals surface area (Å²) in [5.41, 5.74) is 3.65. The van der Waals surface area contributed by atoms with E-state index in [0.29, 0.717) is 5.69 Å². The minimum Gasteiger partial charge on any atom is -0.346 e. The molecular weight excluding hydrogens is 456 g/mol. The molecule has 7 heteroatoms. The third-order valence-electron chi connectivity index (χ3n) is 5.50. The molecule has 0 aliphatic heterocycles. The van der Waals surface area contributed by atoms with Crippen LogP contribution in [-0.2, 0) is 15.4 Å². The summed E-state index contributed by atoms with van der Waals surface area (Å²) in [4.78, 5) is 12.7. The SMILES string of the molecule is Cc1ccccc1NS(=O)(=O)c1cc(C(=O)N[C@H](C)c2ccc(C(C)(C)C)cc2)ccc1Cl. The molecule has 0 aromatic heterocycles. The van der Waals surface area contributed by atoms with Crippen molar-refractivity contribution in [3.8, 4) is 0 Å². The Hall–Kier alpha value is -2.83. The van der Waals surface area contributed by atoms with Gasteiger partial charge in [0, 0.05) is 5.56 Å². The van der Waals surface area contributed by atoms with Crippen LogP contribution in [0.5, 0.6) is 0 Å². The van der Waals surface area contributed by atoms with Gasteiger partial charge in [-0.2, -0.15) is 0 Å². The summed E-state index contributed by atoms with van der Waals surface area (Å²) in [5.74, 6) is -0.383. The van der Waals surface area contributed by atoms with Gasteiger partial charge in [-0.3, -0.25) is 9.52 Å². The van der Waals surface area contributed by atoms with Gasteiger partial charge in [0.25, 0.3) is 15.9 Å². The highest BCUT2D eigenvalue weighted by Crippen LogP contribution is 2.27. The van der Waals surface area contributed by atoms with Crippen LogP contribution in [-0.4, -0.2) is 14.3 Å². The summed E-state index contributed by atoms with van der Waals surface area (Å²) in [5, 5.41) is 2.97. The van der Waals surface area contributed by atoms with E-state index in [4.69, 9.17) is 11.6 Å². The molecule has 5 nitrogen and oxygen atoms in total. The molecule has 174 valence electrons. The Kier molecular flexibility index (Phi) is 7.20. The van der Waals surface area contributed by atoms with Crippen LogP contribution in [0.1, 0.15) is 60.8 Å². The summed E-state index contributed by atoms with van der Waals surface area (Å²) in [6, 6.07) is 19.1. The first-order valence-electron chi connectivity index (χ1n) is 10.7. The highest BCUT2D eigenvalue weighted by atomic mass is 35.5. The zero-order chi connectivity index (χ0) is 24.4. The number of nitrogens with one attached hydrogen (secondary N) is 2. The lowest BCUT2D eigenvalue weighted by atomic mass is 9.86. The number of rotatable bonds is 6. The minimum absolute atomic E-state index is 0.0402. The first kappa shape index (κ1) is 24.8. The smallest absolute Gasteiger partial charge is 0.263 e. The number of benzene rings is 3. The second-order valence-corrected chi connectivity index (χ2v) is 11.2. The molecule has 0 bridgehead atoms. The standard InChI is InChI=1S/C26H29ClN2O3S/c1-17-8-6-7-9-23(17)29-33(31,32)24-16-20(12-15-22(24)27)25(30)28-18(2)19-10-13-21(14-11-19)26(3,4)5/h6-16,18,29H,1-5H3,(H,28,30)/t18-/m1/s1. The van der Waals surface area contributed by atoms with E-state index in [0.717, 1.165) is 11.1 Å². The summed E-state index contributed by atoms with van der Waals surface area (Å²) in [6.07, 6.45) is 0. The molecule has 0 saturated carbocycles. The molecule has 3 rings (SSSR count). The summed E-state index contributed by atoms with van der Waals surface area (Å²) in [6.45, 7) is 10.1. The molecule has 33 heavy (non-hydrogen) atoms. The number of aryl methyl sites for hydroxylation is 1. The molecule has 0 spiro atoms. The second kappa shape index (κ2) is 9.57. The number of hydrogen-bond donors (Lipinski definition) is 2. The molecule has 3 aromatic carbocycles. The first-order chi connectivity index (χ1) is 15.4. The van der Waals surface area contributed by atoms with Crippen LogP contribution in [0, 0.1) is 6.92 Å². The quantitative estimate of drug-likeness (QED) is 0.435. The maximum atomic E-state index is 13.0. The van der Waals surface area contributed by atoms with E-state index in [-0.39, 0.29) is 32.8 Å². The van der Waals surface area contributed by atoms with E-state index in [1.165, 1.54) is 23.8 Å². The number of sulfonamides is 1. The highest BCUT2D eigenvalue weighted by Gasteiger charge is 2.22. The lowest BCUT2D eigenvalue weighted by molar-refractivity contribution is 0.0939. The Morgan fingerprint density at radius 2 is 1.61 bits per heavy atom. The number of carbonyl (C=O) groups is 1. The zero-order valence-corrected chi connectivity index (χ0v) is 21.0. The number of hydrogen-bond acceptors (Lipinski definition) is 3. The predicted octanol–water partition coefficient (Wildman–Crippen LogP) is 6.24. The Morgan fingerprint density at radius 1 is 0.970 bits per heavy atom. The van der Waals surface area contributed by atoms with Crippen molar-refractivity contribution in [1.29, 1.82) is 0 Å². The predicted molar refractivity (Wildman–Crippen MR) is 134 cm³/mol. The molecule has 1 atom stereocenters. The van der Waals surface area contributed by atoms with Crippen LogP contribution in [0.4, 0.5) is 5.69 Å². The molecule has 0 fully saturated rings. The largest absolute Gasteiger partial charge is 0.346 e. The fraction of sp³-hybridized carbons (Fsp3) is 0.269. The van der Waals surface area contributed by atoms with Gasteiger partial charge >= 0.3 is 0 Å². The van der Waals surface area contributed by atoms with E-state index in [2.05, 4.69) is 42.9 Å². The van der Waals surface area contributed by atoms with E-state index in [1.54, 1.807) is 25.1 Å². The minimum atomic E-state index is -3.98. The molecule has 2 N–H and O–H groups in total. The first-order valence-corrected chi connectivity index (χ1v) is 12.5. The fourth-order valence-electron chi connectivity index (χ4n) is 3.37. The Balaban J connectivity index is 1.81. The van der Waals surface area contributed by atoms with E-state index in [9.17, 15) is 13.2 Å². The third-order valence-corrected chi connectivity index (χ3v) is 7.34. The monoisotopic (exact) mass is 484 g/mol. The Bertz CT molecular complexity index is 1260. The molecule has 0 aliphatic carbocycles. The number of anilines is 1. The molecule has 0 radical (unpaired) electrons. The second-order valence-electron chi connectivity index (χ2n) is 9.13. The fourth-order valence-corrected chi connectivity index (χ4v) is 5.03. The molecular formula is C26H29ClN2O3S. The summed E-state index contributed by atoms with van der Waals surface area (Å²) >= 11 is 6.19. The molecule has 0 heterocycles. The van der Waals surface area contributed by atoms with Crippen LogP contribution >= 0.6 is 11.6 Å². The van der Waals surface area contributed by atoms with Crippen molar-refractivity contribution in [2.24, 2.45) is 0 Å². The number of amides is 1. The Labute approximate surface area is 201 Å². The van der Waals surface area contributed by atoms with Gasteiger partial charge in [-0.05, 0) is 60.2 Å². The number of halogens is 1. The molecule has 0 unspecified atom stereocenters. The van der Waals surface area contributed by atoms with Crippen molar-refractivity contribution in [3.05, 3.63) is 94.0 Å². The van der Waals surface area contributed by atoms with Gasteiger partial charge in [0.1, 0.15) is 4.90 Å².